The molecule has 36 heavy (non-hydrogen) atoms. The van der Waals surface area contributed by atoms with E-state index in [2.05, 4.69) is 33.4 Å². The molecule has 4 N–H and O–H groups in total. The molecule has 2 fully saturated rings. The maximum atomic E-state index is 14.0. The number of nitrogens with zero attached hydrogens (tertiary/aromatic N) is 1. The molecule has 8 nitrogen and oxygen atoms in total. The molecule has 2 unspecified atom stereocenters. The molecule has 3 aliphatic rings. The molecule has 1 saturated heterocycles. The van der Waals surface area contributed by atoms with Gasteiger partial charge in [0.15, 0.2) is 0 Å². The summed E-state index contributed by atoms with van der Waals surface area (Å²) in [5.74, 6) is -0.298. The third-order valence-corrected chi connectivity index (χ3v) is 8.49. The Labute approximate surface area is 215 Å². The number of carbonyl (C=O) groups excluding carboxylic acids is 3. The zero-order valence-corrected chi connectivity index (χ0v) is 22.0. The van der Waals surface area contributed by atoms with Crippen LogP contribution in [0.1, 0.15) is 75.5 Å². The molecule has 1 aliphatic heterocycles. The second-order valence-electron chi connectivity index (χ2n) is 10.8. The van der Waals surface area contributed by atoms with Gasteiger partial charge in [-0.1, -0.05) is 43.5 Å². The van der Waals surface area contributed by atoms with Crippen LogP contribution in [-0.2, 0) is 20.8 Å². The summed E-state index contributed by atoms with van der Waals surface area (Å²) in [6, 6.07) is 6.79. The fourth-order valence-electron chi connectivity index (χ4n) is 6.15. The van der Waals surface area contributed by atoms with Crippen LogP contribution in [0.15, 0.2) is 24.3 Å². The molecule has 8 heteroatoms. The first-order valence-corrected chi connectivity index (χ1v) is 13.8. The number of hydrogen-bond donors (Lipinski definition) is 4. The van der Waals surface area contributed by atoms with E-state index in [0.717, 1.165) is 51.4 Å². The predicted octanol–water partition coefficient (Wildman–Crippen LogP) is 2.04. The van der Waals surface area contributed by atoms with E-state index in [1.165, 1.54) is 11.1 Å². The highest BCUT2D eigenvalue weighted by Crippen LogP contribution is 2.32. The minimum atomic E-state index is -0.602. The van der Waals surface area contributed by atoms with Crippen molar-refractivity contribution in [3.05, 3.63) is 35.4 Å². The van der Waals surface area contributed by atoms with Crippen LogP contribution in [0, 0.1) is 5.92 Å². The standard InChI is InChI=1S/C28H43N5O3/c1-18(29-2)26(34)32-25(20-11-5-4-6-12-20)28(36)33-17-21(30-3)16-24(33)27(35)31-23-15-9-13-19-10-7-8-14-22(19)23/h7-8,10,14,18,20-21,23-25,29-30H,4-6,9,11-13,15-17H2,1-3H3,(H,31,35)(H,32,34)/t18?,21-,23?,24-,25-/m0/s1. The molecule has 1 saturated carbocycles. The average Bonchev–Trinajstić information content (AvgIpc) is 3.36. The quantitative estimate of drug-likeness (QED) is 0.440. The van der Waals surface area contributed by atoms with Crippen molar-refractivity contribution >= 4 is 17.7 Å². The molecule has 1 heterocycles. The van der Waals surface area contributed by atoms with Crippen molar-refractivity contribution in [1.29, 1.82) is 0 Å². The highest BCUT2D eigenvalue weighted by molar-refractivity contribution is 5.94. The van der Waals surface area contributed by atoms with E-state index in [1.54, 1.807) is 18.9 Å². The van der Waals surface area contributed by atoms with Crippen LogP contribution in [0.3, 0.4) is 0 Å². The fourth-order valence-corrected chi connectivity index (χ4v) is 6.15. The molecular formula is C28H43N5O3. The zero-order chi connectivity index (χ0) is 25.7. The first kappa shape index (κ1) is 26.6. The summed E-state index contributed by atoms with van der Waals surface area (Å²) in [5, 5.41) is 12.6. The van der Waals surface area contributed by atoms with Crippen molar-refractivity contribution in [1.82, 2.24) is 26.2 Å². The molecule has 2 aliphatic carbocycles. The third-order valence-electron chi connectivity index (χ3n) is 8.49. The lowest BCUT2D eigenvalue weighted by molar-refractivity contribution is -0.143. The van der Waals surface area contributed by atoms with Gasteiger partial charge in [0.1, 0.15) is 12.1 Å². The van der Waals surface area contributed by atoms with E-state index in [0.29, 0.717) is 13.0 Å². The summed E-state index contributed by atoms with van der Waals surface area (Å²) in [6.45, 7) is 2.26. The zero-order valence-electron chi connectivity index (χ0n) is 22.0. The Morgan fingerprint density at radius 3 is 2.47 bits per heavy atom. The molecule has 0 aromatic heterocycles. The van der Waals surface area contributed by atoms with Gasteiger partial charge in [-0.3, -0.25) is 14.4 Å². The number of aryl methyl sites for hydroxylation is 1. The van der Waals surface area contributed by atoms with E-state index in [-0.39, 0.29) is 35.7 Å². The number of fused-ring (bicyclic) bond motifs is 1. The van der Waals surface area contributed by atoms with Crippen molar-refractivity contribution in [3.63, 3.8) is 0 Å². The fraction of sp³-hybridized carbons (Fsp3) is 0.679. The Kier molecular flexibility index (Phi) is 9.01. The van der Waals surface area contributed by atoms with Gasteiger partial charge in [-0.05, 0) is 76.6 Å². The maximum absolute atomic E-state index is 14.0. The van der Waals surface area contributed by atoms with Gasteiger partial charge in [-0.15, -0.1) is 0 Å². The number of rotatable bonds is 8. The Morgan fingerprint density at radius 1 is 1.00 bits per heavy atom. The Hall–Kier alpha value is -2.45. The molecule has 1 aromatic carbocycles. The van der Waals surface area contributed by atoms with Gasteiger partial charge in [0, 0.05) is 12.6 Å². The van der Waals surface area contributed by atoms with Crippen LogP contribution in [0.4, 0.5) is 0 Å². The molecule has 5 atom stereocenters. The van der Waals surface area contributed by atoms with Gasteiger partial charge in [0.2, 0.25) is 17.7 Å². The van der Waals surface area contributed by atoms with Crippen molar-refractivity contribution in [2.45, 2.75) is 94.9 Å². The lowest BCUT2D eigenvalue weighted by atomic mass is 9.83. The third kappa shape index (κ3) is 5.92. The second-order valence-corrected chi connectivity index (χ2v) is 10.8. The van der Waals surface area contributed by atoms with Crippen LogP contribution < -0.4 is 21.3 Å². The van der Waals surface area contributed by atoms with E-state index in [4.69, 9.17) is 0 Å². The van der Waals surface area contributed by atoms with Gasteiger partial charge in [0.05, 0.1) is 12.1 Å². The van der Waals surface area contributed by atoms with Crippen molar-refractivity contribution in [3.8, 4) is 0 Å². The highest BCUT2D eigenvalue weighted by Gasteiger charge is 2.44. The van der Waals surface area contributed by atoms with E-state index in [9.17, 15) is 14.4 Å². The van der Waals surface area contributed by atoms with Gasteiger partial charge in [-0.2, -0.15) is 0 Å². The van der Waals surface area contributed by atoms with E-state index >= 15 is 0 Å². The van der Waals surface area contributed by atoms with E-state index in [1.807, 2.05) is 19.2 Å². The first-order chi connectivity index (χ1) is 17.4. The minimum absolute atomic E-state index is 0.0293. The van der Waals surface area contributed by atoms with Crippen molar-refractivity contribution in [2.24, 2.45) is 5.92 Å². The number of likely N-dealkylation sites (tertiary alicyclic amines) is 1. The van der Waals surface area contributed by atoms with Crippen LogP contribution in [0.2, 0.25) is 0 Å². The minimum Gasteiger partial charge on any atom is -0.347 e. The lowest BCUT2D eigenvalue weighted by Gasteiger charge is -2.35. The van der Waals surface area contributed by atoms with Gasteiger partial charge < -0.3 is 26.2 Å². The molecule has 4 rings (SSSR count). The summed E-state index contributed by atoms with van der Waals surface area (Å²) in [5.41, 5.74) is 2.48. The van der Waals surface area contributed by atoms with Crippen molar-refractivity contribution in [2.75, 3.05) is 20.6 Å². The molecule has 0 radical (unpaired) electrons. The van der Waals surface area contributed by atoms with Crippen molar-refractivity contribution < 1.29 is 14.4 Å². The summed E-state index contributed by atoms with van der Waals surface area (Å²) in [7, 11) is 3.61. The number of hydrogen-bond acceptors (Lipinski definition) is 5. The first-order valence-electron chi connectivity index (χ1n) is 13.8. The Bertz CT molecular complexity index is 932. The maximum Gasteiger partial charge on any atom is 0.246 e. The second kappa shape index (κ2) is 12.2. The SMILES string of the molecule is CNC(C)C(=O)N[C@H](C(=O)N1C[C@@H](NC)C[C@H]1C(=O)NC1CCCc2ccccc21)C1CCCCC1. The van der Waals surface area contributed by atoms with Crippen LogP contribution in [0.25, 0.3) is 0 Å². The normalized spacial score (nSPS) is 26.1. The topological polar surface area (TPSA) is 103 Å². The van der Waals surface area contributed by atoms with Gasteiger partial charge in [0.25, 0.3) is 0 Å². The molecule has 0 bridgehead atoms. The van der Waals surface area contributed by atoms with Gasteiger partial charge >= 0.3 is 0 Å². The summed E-state index contributed by atoms with van der Waals surface area (Å²) in [6.07, 6.45) is 8.68. The number of nitrogens with one attached hydrogen (secondary N) is 4. The Balaban J connectivity index is 1.53. The predicted molar refractivity (Wildman–Crippen MR) is 140 cm³/mol. The summed E-state index contributed by atoms with van der Waals surface area (Å²) in [4.78, 5) is 42.2. The molecule has 0 spiro atoms. The lowest BCUT2D eigenvalue weighted by Crippen LogP contribution is -2.58. The number of likely N-dealkylation sites (N-methyl/N-ethyl adjacent to an activating group) is 2. The summed E-state index contributed by atoms with van der Waals surface area (Å²) < 4.78 is 0. The molecule has 1 aromatic rings. The smallest absolute Gasteiger partial charge is 0.246 e. The Morgan fingerprint density at radius 2 is 1.75 bits per heavy atom. The average molecular weight is 498 g/mol. The molecule has 198 valence electrons. The number of carbonyl (C=O) groups is 3. The van der Waals surface area contributed by atoms with Crippen LogP contribution in [-0.4, -0.2) is 67.4 Å². The number of amides is 3. The summed E-state index contributed by atoms with van der Waals surface area (Å²) >= 11 is 0. The molecule has 3 amide bonds. The molecular weight excluding hydrogens is 454 g/mol. The van der Waals surface area contributed by atoms with Gasteiger partial charge in [-0.25, -0.2) is 0 Å². The monoisotopic (exact) mass is 497 g/mol. The largest absolute Gasteiger partial charge is 0.347 e. The highest BCUT2D eigenvalue weighted by atomic mass is 16.2. The van der Waals surface area contributed by atoms with Crippen LogP contribution in [0.5, 0.6) is 0 Å². The number of benzene rings is 1. The van der Waals surface area contributed by atoms with E-state index < -0.39 is 18.1 Å². The van der Waals surface area contributed by atoms with Crippen LogP contribution >= 0.6 is 0 Å².